The summed E-state index contributed by atoms with van der Waals surface area (Å²) >= 11 is 0. The molecule has 0 saturated carbocycles. The Labute approximate surface area is 95.9 Å². The maximum Gasteiger partial charge on any atom is 0.261 e. The summed E-state index contributed by atoms with van der Waals surface area (Å²) in [6, 6.07) is 1.02. The summed E-state index contributed by atoms with van der Waals surface area (Å²) in [6.45, 7) is 3.77. The first-order chi connectivity index (χ1) is 7.68. The third-order valence-electron chi connectivity index (χ3n) is 2.78. The van der Waals surface area contributed by atoms with Crippen LogP contribution < -0.4 is 10.6 Å². The van der Waals surface area contributed by atoms with E-state index >= 15 is 0 Å². The average molecular weight is 236 g/mol. The zero-order chi connectivity index (χ0) is 11.8. The van der Waals surface area contributed by atoms with Crippen LogP contribution in [0.3, 0.4) is 0 Å². The quantitative estimate of drug-likeness (QED) is 0.625. The highest BCUT2D eigenvalue weighted by Gasteiger charge is 2.16. The van der Waals surface area contributed by atoms with Gasteiger partial charge in [0.15, 0.2) is 0 Å². The van der Waals surface area contributed by atoms with Crippen LogP contribution in [0.4, 0.5) is 8.78 Å². The van der Waals surface area contributed by atoms with Crippen LogP contribution in [-0.4, -0.2) is 44.8 Å². The van der Waals surface area contributed by atoms with E-state index in [9.17, 15) is 8.78 Å². The first-order valence-corrected chi connectivity index (χ1v) is 6.01. The molecule has 0 radical (unpaired) electrons. The normalized spacial score (nSPS) is 22.9. The minimum Gasteiger partial charge on any atom is -0.374 e. The minimum absolute atomic E-state index is 0.354. The van der Waals surface area contributed by atoms with Crippen molar-refractivity contribution in [3.05, 3.63) is 0 Å². The molecule has 2 atom stereocenters. The van der Waals surface area contributed by atoms with Gasteiger partial charge in [0.05, 0.1) is 6.61 Å². The Morgan fingerprint density at radius 2 is 2.31 bits per heavy atom. The summed E-state index contributed by atoms with van der Waals surface area (Å²) in [5, 5.41) is 6.71. The zero-order valence-corrected chi connectivity index (χ0v) is 9.85. The molecule has 1 saturated heterocycles. The van der Waals surface area contributed by atoms with E-state index in [1.807, 2.05) is 0 Å². The molecule has 1 fully saturated rings. The van der Waals surface area contributed by atoms with Crippen LogP contribution in [0.1, 0.15) is 26.2 Å². The van der Waals surface area contributed by atoms with Gasteiger partial charge < -0.3 is 15.4 Å². The van der Waals surface area contributed by atoms with Crippen LogP contribution in [0, 0.1) is 0 Å². The van der Waals surface area contributed by atoms with Crippen LogP contribution in [0.5, 0.6) is 0 Å². The van der Waals surface area contributed by atoms with Gasteiger partial charge in [-0.15, -0.1) is 0 Å². The maximum atomic E-state index is 11.7. The summed E-state index contributed by atoms with van der Waals surface area (Å²) in [4.78, 5) is 0. The largest absolute Gasteiger partial charge is 0.374 e. The van der Waals surface area contributed by atoms with Crippen LogP contribution in [0.15, 0.2) is 0 Å². The van der Waals surface area contributed by atoms with Gasteiger partial charge in [-0.3, -0.25) is 0 Å². The Morgan fingerprint density at radius 3 is 2.94 bits per heavy atom. The summed E-state index contributed by atoms with van der Waals surface area (Å²) in [7, 11) is 0. The molecule has 0 aromatic heterocycles. The van der Waals surface area contributed by atoms with Gasteiger partial charge in [0.2, 0.25) is 0 Å². The standard InChI is InChI=1S/C11H22F2N2O/c1-9(7-10-3-2-4-15-10)14-5-6-16-8-11(12)13/h9-11,14-15H,2-8H2,1H3. The van der Waals surface area contributed by atoms with Crippen LogP contribution >= 0.6 is 0 Å². The molecule has 1 aliphatic heterocycles. The third kappa shape index (κ3) is 6.35. The molecule has 1 rings (SSSR count). The van der Waals surface area contributed by atoms with Crippen LogP contribution in [0.2, 0.25) is 0 Å². The van der Waals surface area contributed by atoms with Crippen molar-refractivity contribution < 1.29 is 13.5 Å². The molecule has 96 valence electrons. The van der Waals surface area contributed by atoms with Crippen molar-refractivity contribution in [2.45, 2.75) is 44.7 Å². The number of halogens is 2. The molecule has 3 nitrogen and oxygen atoms in total. The molecule has 0 spiro atoms. The second kappa shape index (κ2) is 7.92. The molecule has 1 aliphatic rings. The van der Waals surface area contributed by atoms with Gasteiger partial charge in [0, 0.05) is 18.6 Å². The molecular formula is C11H22F2N2O. The monoisotopic (exact) mass is 236 g/mol. The topological polar surface area (TPSA) is 33.3 Å². The van der Waals surface area contributed by atoms with E-state index in [0.717, 1.165) is 13.0 Å². The molecule has 0 aromatic rings. The van der Waals surface area contributed by atoms with E-state index in [4.69, 9.17) is 4.74 Å². The molecule has 2 N–H and O–H groups in total. The Balaban J connectivity index is 1.91. The van der Waals surface area contributed by atoms with Crippen molar-refractivity contribution >= 4 is 0 Å². The van der Waals surface area contributed by atoms with Gasteiger partial charge in [-0.2, -0.15) is 0 Å². The highest BCUT2D eigenvalue weighted by molar-refractivity contribution is 4.78. The highest BCUT2D eigenvalue weighted by atomic mass is 19.3. The summed E-state index contributed by atoms with van der Waals surface area (Å²) in [6.07, 6.45) is 1.23. The molecule has 1 heterocycles. The number of hydrogen-bond acceptors (Lipinski definition) is 3. The molecule has 0 bridgehead atoms. The predicted octanol–water partition coefficient (Wildman–Crippen LogP) is 1.39. The van der Waals surface area contributed by atoms with Gasteiger partial charge in [0.25, 0.3) is 6.43 Å². The van der Waals surface area contributed by atoms with Crippen molar-refractivity contribution in [1.29, 1.82) is 0 Å². The summed E-state index contributed by atoms with van der Waals surface area (Å²) in [5.41, 5.74) is 0. The SMILES string of the molecule is CC(CC1CCCN1)NCCOCC(F)F. The second-order valence-corrected chi connectivity index (χ2v) is 4.35. The summed E-state index contributed by atoms with van der Waals surface area (Å²) in [5.74, 6) is 0. The van der Waals surface area contributed by atoms with Crippen molar-refractivity contribution in [3.63, 3.8) is 0 Å². The lowest BCUT2D eigenvalue weighted by Gasteiger charge is -2.18. The van der Waals surface area contributed by atoms with E-state index in [2.05, 4.69) is 17.6 Å². The second-order valence-electron chi connectivity index (χ2n) is 4.35. The molecule has 16 heavy (non-hydrogen) atoms. The first-order valence-electron chi connectivity index (χ1n) is 6.01. The minimum atomic E-state index is -2.36. The lowest BCUT2D eigenvalue weighted by atomic mass is 10.1. The molecular weight excluding hydrogens is 214 g/mol. The zero-order valence-electron chi connectivity index (χ0n) is 9.85. The van der Waals surface area contributed by atoms with Crippen molar-refractivity contribution in [2.75, 3.05) is 26.3 Å². The van der Waals surface area contributed by atoms with E-state index in [1.54, 1.807) is 0 Å². The van der Waals surface area contributed by atoms with Crippen LogP contribution in [0.25, 0.3) is 0 Å². The van der Waals surface area contributed by atoms with Crippen molar-refractivity contribution in [1.82, 2.24) is 10.6 Å². The molecule has 2 unspecified atom stereocenters. The lowest BCUT2D eigenvalue weighted by Crippen LogP contribution is -2.35. The number of rotatable bonds is 8. The molecule has 0 amide bonds. The van der Waals surface area contributed by atoms with Crippen molar-refractivity contribution in [3.8, 4) is 0 Å². The van der Waals surface area contributed by atoms with Gasteiger partial charge >= 0.3 is 0 Å². The van der Waals surface area contributed by atoms with Crippen molar-refractivity contribution in [2.24, 2.45) is 0 Å². The highest BCUT2D eigenvalue weighted by Crippen LogP contribution is 2.10. The van der Waals surface area contributed by atoms with Gasteiger partial charge in [0.1, 0.15) is 6.61 Å². The number of ether oxygens (including phenoxy) is 1. The Hall–Kier alpha value is -0.260. The smallest absolute Gasteiger partial charge is 0.261 e. The lowest BCUT2D eigenvalue weighted by molar-refractivity contribution is 0.0182. The summed E-state index contributed by atoms with van der Waals surface area (Å²) < 4.78 is 28.3. The van der Waals surface area contributed by atoms with E-state index in [0.29, 0.717) is 25.2 Å². The van der Waals surface area contributed by atoms with E-state index in [-0.39, 0.29) is 0 Å². The number of nitrogens with one attached hydrogen (secondary N) is 2. The Kier molecular flexibility index (Phi) is 6.84. The van der Waals surface area contributed by atoms with Crippen LogP contribution in [-0.2, 0) is 4.74 Å². The average Bonchev–Trinajstić information content (AvgIpc) is 2.69. The fourth-order valence-corrected chi connectivity index (χ4v) is 2.02. The van der Waals surface area contributed by atoms with E-state index in [1.165, 1.54) is 12.8 Å². The number of hydrogen-bond donors (Lipinski definition) is 2. The Bertz CT molecular complexity index is 175. The first kappa shape index (κ1) is 13.8. The molecule has 0 aliphatic carbocycles. The third-order valence-corrected chi connectivity index (χ3v) is 2.78. The number of alkyl halides is 2. The van der Waals surface area contributed by atoms with Gasteiger partial charge in [-0.25, -0.2) is 8.78 Å². The molecule has 0 aromatic carbocycles. The fourth-order valence-electron chi connectivity index (χ4n) is 2.02. The van der Waals surface area contributed by atoms with Gasteiger partial charge in [-0.05, 0) is 32.7 Å². The van der Waals surface area contributed by atoms with Gasteiger partial charge in [-0.1, -0.05) is 0 Å². The maximum absolute atomic E-state index is 11.7. The molecule has 5 heteroatoms. The fraction of sp³-hybridized carbons (Fsp3) is 1.00. The predicted molar refractivity (Wildman–Crippen MR) is 59.9 cm³/mol. The Morgan fingerprint density at radius 1 is 1.50 bits per heavy atom. The van der Waals surface area contributed by atoms with E-state index < -0.39 is 13.0 Å².